The molecule has 4 unspecified atom stereocenters. The Labute approximate surface area is 74.9 Å². The molecule has 0 aromatic rings. The van der Waals surface area contributed by atoms with Gasteiger partial charge in [0.1, 0.15) is 0 Å². The maximum atomic E-state index is 3.87. The van der Waals surface area contributed by atoms with Crippen molar-refractivity contribution in [3.8, 4) is 0 Å². The van der Waals surface area contributed by atoms with E-state index in [2.05, 4.69) is 19.2 Å². The second-order valence-electron chi connectivity index (χ2n) is 5.22. The predicted molar refractivity (Wildman–Crippen MR) is 49.9 cm³/mol. The van der Waals surface area contributed by atoms with Crippen molar-refractivity contribution in [1.29, 1.82) is 0 Å². The fraction of sp³-hybridized carbons (Fsp3) is 1.00. The van der Waals surface area contributed by atoms with Crippen molar-refractivity contribution in [2.45, 2.75) is 51.1 Å². The summed E-state index contributed by atoms with van der Waals surface area (Å²) in [6.07, 6.45) is 5.88. The van der Waals surface area contributed by atoms with Crippen LogP contribution in [0.2, 0.25) is 0 Å². The molecule has 0 aromatic heterocycles. The van der Waals surface area contributed by atoms with Crippen LogP contribution in [0.1, 0.15) is 39.5 Å². The van der Waals surface area contributed by atoms with Crippen LogP contribution in [0.3, 0.4) is 0 Å². The molecule has 1 aliphatic carbocycles. The summed E-state index contributed by atoms with van der Waals surface area (Å²) in [5.74, 6) is 3.05. The smallest absolute Gasteiger partial charge is 0.0216 e. The van der Waals surface area contributed by atoms with E-state index < -0.39 is 0 Å². The fourth-order valence-electron chi connectivity index (χ4n) is 4.43. The summed E-state index contributed by atoms with van der Waals surface area (Å²) in [7, 11) is 0. The molecule has 68 valence electrons. The quantitative estimate of drug-likeness (QED) is 0.628. The Balaban J connectivity index is 1.99. The topological polar surface area (TPSA) is 12.0 Å². The molecule has 2 saturated heterocycles. The van der Waals surface area contributed by atoms with Gasteiger partial charge in [0.15, 0.2) is 0 Å². The zero-order valence-corrected chi connectivity index (χ0v) is 8.14. The van der Waals surface area contributed by atoms with Crippen LogP contribution in [-0.2, 0) is 0 Å². The molecule has 0 radical (unpaired) electrons. The van der Waals surface area contributed by atoms with Crippen molar-refractivity contribution in [2.75, 3.05) is 0 Å². The molecule has 0 amide bonds. The highest BCUT2D eigenvalue weighted by atomic mass is 15.1. The van der Waals surface area contributed by atoms with Crippen molar-refractivity contribution in [1.82, 2.24) is 5.32 Å². The molecule has 1 N–H and O–H groups in total. The lowest BCUT2D eigenvalue weighted by atomic mass is 9.72. The maximum absolute atomic E-state index is 3.87. The molecule has 3 aliphatic rings. The molecule has 1 heteroatoms. The van der Waals surface area contributed by atoms with Gasteiger partial charge in [-0.15, -0.1) is 0 Å². The predicted octanol–water partition coefficient (Wildman–Crippen LogP) is 2.17. The molecule has 12 heavy (non-hydrogen) atoms. The van der Waals surface area contributed by atoms with Crippen LogP contribution >= 0.6 is 0 Å². The highest BCUT2D eigenvalue weighted by Gasteiger charge is 2.61. The summed E-state index contributed by atoms with van der Waals surface area (Å²) in [5.41, 5.74) is 0.561. The van der Waals surface area contributed by atoms with Gasteiger partial charge in [0, 0.05) is 11.6 Å². The molecular formula is C11H19N. The first kappa shape index (κ1) is 7.37. The van der Waals surface area contributed by atoms with Gasteiger partial charge in [-0.25, -0.2) is 0 Å². The van der Waals surface area contributed by atoms with Gasteiger partial charge in [-0.1, -0.05) is 13.3 Å². The Morgan fingerprint density at radius 1 is 1.42 bits per heavy atom. The zero-order valence-electron chi connectivity index (χ0n) is 8.14. The minimum Gasteiger partial charge on any atom is -0.308 e. The van der Waals surface area contributed by atoms with Gasteiger partial charge >= 0.3 is 0 Å². The monoisotopic (exact) mass is 165 g/mol. The van der Waals surface area contributed by atoms with Crippen molar-refractivity contribution in [2.24, 2.45) is 17.8 Å². The SMILES string of the molecule is CCC1C2CCC3C[C@@H]1NC32C. The van der Waals surface area contributed by atoms with Crippen LogP contribution in [0.25, 0.3) is 0 Å². The maximum Gasteiger partial charge on any atom is 0.0216 e. The molecule has 3 fully saturated rings. The van der Waals surface area contributed by atoms with Crippen LogP contribution in [0.5, 0.6) is 0 Å². The Morgan fingerprint density at radius 2 is 2.25 bits per heavy atom. The summed E-state index contributed by atoms with van der Waals surface area (Å²) < 4.78 is 0. The Hall–Kier alpha value is -0.0400. The molecule has 2 heterocycles. The van der Waals surface area contributed by atoms with E-state index in [0.29, 0.717) is 5.54 Å². The van der Waals surface area contributed by atoms with Crippen LogP contribution in [-0.4, -0.2) is 11.6 Å². The van der Waals surface area contributed by atoms with Gasteiger partial charge in [0.2, 0.25) is 0 Å². The normalized spacial score (nSPS) is 61.5. The molecule has 0 aromatic carbocycles. The zero-order chi connectivity index (χ0) is 8.34. The molecule has 2 aliphatic heterocycles. The van der Waals surface area contributed by atoms with Gasteiger partial charge in [-0.3, -0.25) is 0 Å². The first-order chi connectivity index (χ1) is 5.75. The van der Waals surface area contributed by atoms with E-state index in [9.17, 15) is 0 Å². The lowest BCUT2D eigenvalue weighted by molar-refractivity contribution is 0.222. The molecular weight excluding hydrogens is 146 g/mol. The summed E-state index contributed by atoms with van der Waals surface area (Å²) in [5, 5.41) is 3.87. The Morgan fingerprint density at radius 3 is 3.00 bits per heavy atom. The third kappa shape index (κ3) is 0.618. The van der Waals surface area contributed by atoms with Crippen LogP contribution in [0.4, 0.5) is 0 Å². The number of hydrogen-bond donors (Lipinski definition) is 1. The van der Waals surface area contributed by atoms with E-state index in [0.717, 1.165) is 23.8 Å². The highest BCUT2D eigenvalue weighted by Crippen LogP contribution is 2.58. The summed E-state index contributed by atoms with van der Waals surface area (Å²) in [6.45, 7) is 4.84. The van der Waals surface area contributed by atoms with Crippen molar-refractivity contribution < 1.29 is 0 Å². The van der Waals surface area contributed by atoms with Gasteiger partial charge in [-0.05, 0) is 43.9 Å². The van der Waals surface area contributed by atoms with E-state index in [4.69, 9.17) is 0 Å². The molecule has 0 spiro atoms. The molecule has 3 rings (SSSR count). The lowest BCUT2D eigenvalue weighted by Gasteiger charge is -2.32. The first-order valence-corrected chi connectivity index (χ1v) is 5.53. The van der Waals surface area contributed by atoms with Crippen molar-refractivity contribution >= 4 is 0 Å². The molecule has 2 bridgehead atoms. The summed E-state index contributed by atoms with van der Waals surface area (Å²) in [6, 6.07) is 0.887. The summed E-state index contributed by atoms with van der Waals surface area (Å²) >= 11 is 0. The minimum absolute atomic E-state index is 0.561. The average Bonchev–Trinajstić information content (AvgIpc) is 2.49. The number of nitrogens with one attached hydrogen (secondary N) is 1. The lowest BCUT2D eigenvalue weighted by Crippen LogP contribution is -2.40. The van der Waals surface area contributed by atoms with Gasteiger partial charge in [0.25, 0.3) is 0 Å². The molecule has 5 atom stereocenters. The number of rotatable bonds is 1. The summed E-state index contributed by atoms with van der Waals surface area (Å²) in [4.78, 5) is 0. The van der Waals surface area contributed by atoms with E-state index in [1.165, 1.54) is 25.7 Å². The Kier molecular flexibility index (Phi) is 1.27. The van der Waals surface area contributed by atoms with Crippen molar-refractivity contribution in [3.63, 3.8) is 0 Å². The van der Waals surface area contributed by atoms with Gasteiger partial charge in [0.05, 0.1) is 0 Å². The van der Waals surface area contributed by atoms with Crippen LogP contribution in [0, 0.1) is 17.8 Å². The fourth-order valence-corrected chi connectivity index (χ4v) is 4.43. The average molecular weight is 165 g/mol. The number of fused-ring (bicyclic) bond motifs is 1. The minimum atomic E-state index is 0.561. The number of hydrogen-bond acceptors (Lipinski definition) is 1. The second-order valence-corrected chi connectivity index (χ2v) is 5.22. The molecule has 1 nitrogen and oxygen atoms in total. The van der Waals surface area contributed by atoms with E-state index in [1.807, 2.05) is 0 Å². The largest absolute Gasteiger partial charge is 0.308 e. The van der Waals surface area contributed by atoms with Crippen LogP contribution < -0.4 is 5.32 Å². The van der Waals surface area contributed by atoms with E-state index >= 15 is 0 Å². The van der Waals surface area contributed by atoms with Gasteiger partial charge < -0.3 is 5.32 Å². The van der Waals surface area contributed by atoms with Gasteiger partial charge in [-0.2, -0.15) is 0 Å². The van der Waals surface area contributed by atoms with E-state index in [-0.39, 0.29) is 0 Å². The van der Waals surface area contributed by atoms with E-state index in [1.54, 1.807) is 0 Å². The first-order valence-electron chi connectivity index (χ1n) is 5.53. The van der Waals surface area contributed by atoms with Crippen molar-refractivity contribution in [3.05, 3.63) is 0 Å². The van der Waals surface area contributed by atoms with Crippen LogP contribution in [0.15, 0.2) is 0 Å². The highest BCUT2D eigenvalue weighted by molar-refractivity contribution is 5.18. The Bertz CT molecular complexity index is 213. The standard InChI is InChI=1S/C11H19N/c1-3-8-9-5-4-7-6-10(8)12-11(7,9)2/h7-10,12H,3-6H2,1-2H3/t7?,8?,9?,10-,11?/m0/s1. The molecule has 1 saturated carbocycles. The third-order valence-electron chi connectivity index (χ3n) is 4.98. The third-order valence-corrected chi connectivity index (χ3v) is 4.98. The second kappa shape index (κ2) is 2.06.